The summed E-state index contributed by atoms with van der Waals surface area (Å²) in [6.07, 6.45) is 0.130. The molecule has 4 nitrogen and oxygen atoms in total. The van der Waals surface area contributed by atoms with Crippen LogP contribution in [0.5, 0.6) is 0 Å². The van der Waals surface area contributed by atoms with Gasteiger partial charge in [-0.05, 0) is 12.1 Å². The van der Waals surface area contributed by atoms with Crippen molar-refractivity contribution in [2.75, 3.05) is 5.32 Å². The van der Waals surface area contributed by atoms with E-state index in [1.54, 1.807) is 12.1 Å². The maximum Gasteiger partial charge on any atom is 0.239 e. The fraction of sp³-hybridized carbons (Fsp3) is 0.182. The van der Waals surface area contributed by atoms with E-state index in [4.69, 9.17) is 12.2 Å². The van der Waals surface area contributed by atoms with E-state index in [0.717, 1.165) is 5.69 Å². The van der Waals surface area contributed by atoms with E-state index in [9.17, 15) is 9.59 Å². The topological polar surface area (TPSA) is 58.2 Å². The van der Waals surface area contributed by atoms with Crippen molar-refractivity contribution >= 4 is 45.8 Å². The zero-order chi connectivity index (χ0) is 12.3. The molecule has 0 aliphatic carbocycles. The van der Waals surface area contributed by atoms with Crippen molar-refractivity contribution in [2.24, 2.45) is 0 Å². The van der Waals surface area contributed by atoms with E-state index >= 15 is 0 Å². The molecular weight excluding hydrogens is 256 g/mol. The Kier molecular flexibility index (Phi) is 3.75. The third kappa shape index (κ3) is 3.28. The predicted octanol–water partition coefficient (Wildman–Crippen LogP) is 1.53. The Hall–Kier alpha value is -1.40. The van der Waals surface area contributed by atoms with Gasteiger partial charge in [0.25, 0.3) is 0 Å². The molecule has 1 saturated heterocycles. The Balaban J connectivity index is 1.90. The van der Waals surface area contributed by atoms with Crippen LogP contribution in [0.25, 0.3) is 0 Å². The average molecular weight is 266 g/mol. The van der Waals surface area contributed by atoms with Gasteiger partial charge in [0.2, 0.25) is 11.8 Å². The molecule has 1 aromatic rings. The molecule has 1 fully saturated rings. The largest absolute Gasteiger partial charge is 0.326 e. The number of carbonyl (C=O) groups excluding carboxylic acids is 2. The maximum absolute atomic E-state index is 11.7. The van der Waals surface area contributed by atoms with Gasteiger partial charge in [0.1, 0.15) is 4.32 Å². The van der Waals surface area contributed by atoms with Crippen molar-refractivity contribution in [2.45, 2.75) is 11.7 Å². The first-order chi connectivity index (χ1) is 8.15. The van der Waals surface area contributed by atoms with Crippen LogP contribution >= 0.6 is 24.0 Å². The minimum absolute atomic E-state index is 0.130. The number of amides is 2. The standard InChI is InChI=1S/C11H10N2O2S2/c14-9(12-7-4-2-1-3-5-7)6-8-10(15)13-11(16)17-8/h1-5,8H,6H2,(H,12,14)(H,13,15,16)/t8-/m1/s1. The van der Waals surface area contributed by atoms with E-state index in [1.165, 1.54) is 11.8 Å². The maximum atomic E-state index is 11.7. The summed E-state index contributed by atoms with van der Waals surface area (Å²) in [7, 11) is 0. The molecule has 1 aromatic carbocycles. The molecule has 1 aliphatic heterocycles. The average Bonchev–Trinajstić information content (AvgIpc) is 2.58. The quantitative estimate of drug-likeness (QED) is 0.815. The number of nitrogens with one attached hydrogen (secondary N) is 2. The van der Waals surface area contributed by atoms with Gasteiger partial charge < -0.3 is 10.6 Å². The van der Waals surface area contributed by atoms with Crippen LogP contribution in [-0.2, 0) is 9.59 Å². The first kappa shape index (κ1) is 12.1. The molecule has 1 aliphatic rings. The van der Waals surface area contributed by atoms with Crippen LogP contribution in [0.3, 0.4) is 0 Å². The van der Waals surface area contributed by atoms with Gasteiger partial charge in [-0.15, -0.1) is 0 Å². The molecule has 2 rings (SSSR count). The number of para-hydroxylation sites is 1. The molecular formula is C11H10N2O2S2. The second-order valence-electron chi connectivity index (χ2n) is 3.50. The van der Waals surface area contributed by atoms with E-state index in [1.807, 2.05) is 18.2 Å². The molecule has 0 unspecified atom stereocenters. The first-order valence-electron chi connectivity index (χ1n) is 5.01. The number of thioether (sulfide) groups is 1. The fourth-order valence-corrected chi connectivity index (χ4v) is 2.70. The van der Waals surface area contributed by atoms with E-state index in [2.05, 4.69) is 10.6 Å². The lowest BCUT2D eigenvalue weighted by molar-refractivity contribution is -0.122. The summed E-state index contributed by atoms with van der Waals surface area (Å²) in [4.78, 5) is 23.0. The summed E-state index contributed by atoms with van der Waals surface area (Å²) >= 11 is 6.08. The summed E-state index contributed by atoms with van der Waals surface area (Å²) in [6.45, 7) is 0. The van der Waals surface area contributed by atoms with Gasteiger partial charge in [-0.2, -0.15) is 0 Å². The smallest absolute Gasteiger partial charge is 0.239 e. The van der Waals surface area contributed by atoms with Crippen LogP contribution in [-0.4, -0.2) is 21.4 Å². The van der Waals surface area contributed by atoms with Crippen LogP contribution < -0.4 is 10.6 Å². The highest BCUT2D eigenvalue weighted by atomic mass is 32.2. The van der Waals surface area contributed by atoms with Crippen molar-refractivity contribution in [1.82, 2.24) is 5.32 Å². The van der Waals surface area contributed by atoms with Gasteiger partial charge in [-0.25, -0.2) is 0 Å². The molecule has 1 atom stereocenters. The van der Waals surface area contributed by atoms with Crippen LogP contribution in [0.1, 0.15) is 6.42 Å². The molecule has 6 heteroatoms. The Morgan fingerprint density at radius 1 is 1.41 bits per heavy atom. The first-order valence-corrected chi connectivity index (χ1v) is 6.30. The number of anilines is 1. The van der Waals surface area contributed by atoms with Gasteiger partial charge in [0.05, 0.1) is 5.25 Å². The Bertz CT molecular complexity index is 462. The third-order valence-corrected chi connectivity index (χ3v) is 3.57. The van der Waals surface area contributed by atoms with Crippen molar-refractivity contribution in [1.29, 1.82) is 0 Å². The molecule has 0 aromatic heterocycles. The van der Waals surface area contributed by atoms with Crippen molar-refractivity contribution in [3.05, 3.63) is 30.3 Å². The highest BCUT2D eigenvalue weighted by molar-refractivity contribution is 8.24. The molecule has 0 spiro atoms. The number of carbonyl (C=O) groups is 2. The Labute approximate surface area is 108 Å². The SMILES string of the molecule is O=C(C[C@H]1SC(=S)NC1=O)Nc1ccccc1. The van der Waals surface area contributed by atoms with Crippen LogP contribution in [0.4, 0.5) is 5.69 Å². The molecule has 0 saturated carbocycles. The number of rotatable bonds is 3. The second kappa shape index (κ2) is 5.29. The Morgan fingerprint density at radius 2 is 2.12 bits per heavy atom. The highest BCUT2D eigenvalue weighted by Crippen LogP contribution is 2.22. The minimum atomic E-state index is -0.411. The lowest BCUT2D eigenvalue weighted by Crippen LogP contribution is -2.27. The van der Waals surface area contributed by atoms with Crippen LogP contribution in [0, 0.1) is 0 Å². The molecule has 1 heterocycles. The van der Waals surface area contributed by atoms with E-state index in [0.29, 0.717) is 4.32 Å². The summed E-state index contributed by atoms with van der Waals surface area (Å²) in [5.74, 6) is -0.378. The lowest BCUT2D eigenvalue weighted by Gasteiger charge is -2.06. The lowest BCUT2D eigenvalue weighted by atomic mass is 10.2. The van der Waals surface area contributed by atoms with Crippen molar-refractivity contribution in [3.8, 4) is 0 Å². The molecule has 2 N–H and O–H groups in total. The fourth-order valence-electron chi connectivity index (χ4n) is 1.43. The normalized spacial score (nSPS) is 18.9. The summed E-state index contributed by atoms with van der Waals surface area (Å²) in [5, 5.41) is 4.83. The number of hydrogen-bond acceptors (Lipinski definition) is 4. The minimum Gasteiger partial charge on any atom is -0.326 e. The van der Waals surface area contributed by atoms with Crippen LogP contribution in [0.2, 0.25) is 0 Å². The monoisotopic (exact) mass is 266 g/mol. The van der Waals surface area contributed by atoms with Gasteiger partial charge in [-0.1, -0.05) is 42.2 Å². The molecule has 0 bridgehead atoms. The predicted molar refractivity (Wildman–Crippen MR) is 71.8 cm³/mol. The van der Waals surface area contributed by atoms with Gasteiger partial charge in [0, 0.05) is 12.1 Å². The van der Waals surface area contributed by atoms with Crippen molar-refractivity contribution in [3.63, 3.8) is 0 Å². The van der Waals surface area contributed by atoms with Gasteiger partial charge in [-0.3, -0.25) is 9.59 Å². The Morgan fingerprint density at radius 3 is 2.71 bits per heavy atom. The number of benzene rings is 1. The molecule has 88 valence electrons. The van der Waals surface area contributed by atoms with Gasteiger partial charge in [0.15, 0.2) is 0 Å². The van der Waals surface area contributed by atoms with Gasteiger partial charge >= 0.3 is 0 Å². The third-order valence-electron chi connectivity index (χ3n) is 2.20. The zero-order valence-electron chi connectivity index (χ0n) is 8.80. The molecule has 2 amide bonds. The molecule has 0 radical (unpaired) electrons. The summed E-state index contributed by atoms with van der Waals surface area (Å²) < 4.78 is 0.438. The van der Waals surface area contributed by atoms with Crippen molar-refractivity contribution < 1.29 is 9.59 Å². The molecule has 17 heavy (non-hydrogen) atoms. The summed E-state index contributed by atoms with van der Waals surface area (Å²) in [6, 6.07) is 9.13. The van der Waals surface area contributed by atoms with Crippen LogP contribution in [0.15, 0.2) is 30.3 Å². The summed E-state index contributed by atoms with van der Waals surface area (Å²) in [5.41, 5.74) is 0.725. The number of thiocarbonyl (C=S) groups is 1. The second-order valence-corrected chi connectivity index (χ2v) is 5.38. The number of hydrogen-bond donors (Lipinski definition) is 2. The zero-order valence-corrected chi connectivity index (χ0v) is 10.4. The van der Waals surface area contributed by atoms with E-state index < -0.39 is 5.25 Å². The van der Waals surface area contributed by atoms with E-state index in [-0.39, 0.29) is 18.2 Å². The highest BCUT2D eigenvalue weighted by Gasteiger charge is 2.30.